The molecule has 2 saturated heterocycles. The first-order chi connectivity index (χ1) is 6.71. The van der Waals surface area contributed by atoms with Crippen LogP contribution in [0, 0.1) is 0 Å². The summed E-state index contributed by atoms with van der Waals surface area (Å²) in [6.45, 7) is 7.27. The van der Waals surface area contributed by atoms with Crippen molar-refractivity contribution in [2.75, 3.05) is 13.1 Å². The molecule has 2 atom stereocenters. The normalized spacial score (nSPS) is 41.1. The van der Waals surface area contributed by atoms with E-state index in [4.69, 9.17) is 4.43 Å². The molecule has 2 unspecified atom stereocenters. The van der Waals surface area contributed by atoms with Crippen molar-refractivity contribution in [1.82, 2.24) is 4.57 Å². The number of hydrogen-bond acceptors (Lipinski definition) is 2. The highest BCUT2D eigenvalue weighted by Crippen LogP contribution is 2.30. The predicted molar refractivity (Wildman–Crippen MR) is 61.6 cm³/mol. The van der Waals surface area contributed by atoms with Crippen molar-refractivity contribution in [3.63, 3.8) is 0 Å². The van der Waals surface area contributed by atoms with E-state index in [0.29, 0.717) is 6.10 Å². The van der Waals surface area contributed by atoms with Gasteiger partial charge in [0.2, 0.25) is 0 Å². The van der Waals surface area contributed by atoms with E-state index >= 15 is 0 Å². The highest BCUT2D eigenvalue weighted by molar-refractivity contribution is 6.69. The Morgan fingerprint density at radius 2 is 1.86 bits per heavy atom. The van der Waals surface area contributed by atoms with Gasteiger partial charge >= 0.3 is 0 Å². The Labute approximate surface area is 88.8 Å². The minimum atomic E-state index is -1.47. The maximum atomic E-state index is 6.28. The molecule has 82 valence electrons. The van der Waals surface area contributed by atoms with Gasteiger partial charge < -0.3 is 8.99 Å². The van der Waals surface area contributed by atoms with Crippen molar-refractivity contribution in [2.45, 2.75) is 57.7 Å². The second kappa shape index (κ2) is 4.33. The Morgan fingerprint density at radius 1 is 1.14 bits per heavy atom. The van der Waals surface area contributed by atoms with Gasteiger partial charge in [-0.15, -0.1) is 0 Å². The summed E-state index contributed by atoms with van der Waals surface area (Å²) in [5.74, 6) is 0. The molecule has 0 aliphatic carbocycles. The van der Waals surface area contributed by atoms with Crippen molar-refractivity contribution in [1.29, 1.82) is 0 Å². The number of nitrogens with zero attached hydrogens (tertiary/aromatic N) is 1. The van der Waals surface area contributed by atoms with E-state index in [1.165, 1.54) is 51.2 Å². The van der Waals surface area contributed by atoms with Gasteiger partial charge in [0.15, 0.2) is 0 Å². The van der Waals surface area contributed by atoms with E-state index in [-0.39, 0.29) is 0 Å². The van der Waals surface area contributed by atoms with E-state index in [2.05, 4.69) is 18.0 Å². The molecule has 0 aromatic rings. The zero-order chi connectivity index (χ0) is 10.0. The molecule has 0 bridgehead atoms. The van der Waals surface area contributed by atoms with Crippen LogP contribution < -0.4 is 0 Å². The smallest absolute Gasteiger partial charge is 0.268 e. The number of hydrogen-bond donors (Lipinski definition) is 0. The Bertz CT molecular complexity index is 194. The van der Waals surface area contributed by atoms with Gasteiger partial charge in [-0.3, -0.25) is 0 Å². The van der Waals surface area contributed by atoms with E-state index < -0.39 is 8.48 Å². The van der Waals surface area contributed by atoms with Gasteiger partial charge in [0, 0.05) is 6.10 Å². The molecule has 0 amide bonds. The van der Waals surface area contributed by atoms with Gasteiger partial charge in [-0.25, -0.2) is 0 Å². The lowest BCUT2D eigenvalue weighted by atomic mass is 10.2. The van der Waals surface area contributed by atoms with E-state index in [0.717, 1.165) is 0 Å². The van der Waals surface area contributed by atoms with Gasteiger partial charge in [0.25, 0.3) is 8.48 Å². The molecule has 3 heteroatoms. The third-order valence-electron chi connectivity index (χ3n) is 3.73. The monoisotopic (exact) mass is 213 g/mol. The van der Waals surface area contributed by atoms with Crippen molar-refractivity contribution < 1.29 is 4.43 Å². The summed E-state index contributed by atoms with van der Waals surface area (Å²) in [7, 11) is -1.47. The topological polar surface area (TPSA) is 12.5 Å². The molecule has 0 radical (unpaired) electrons. The van der Waals surface area contributed by atoms with E-state index in [1.807, 2.05) is 0 Å². The minimum absolute atomic E-state index is 0.516. The molecule has 14 heavy (non-hydrogen) atoms. The largest absolute Gasteiger partial charge is 0.400 e. The Kier molecular flexibility index (Phi) is 3.29. The Hall–Kier alpha value is 0.137. The maximum Gasteiger partial charge on any atom is 0.268 e. The fourth-order valence-electron chi connectivity index (χ4n) is 2.87. The molecule has 0 spiro atoms. The van der Waals surface area contributed by atoms with Crippen LogP contribution in [0.1, 0.15) is 39.0 Å². The van der Waals surface area contributed by atoms with Crippen LogP contribution in [0.4, 0.5) is 0 Å². The van der Waals surface area contributed by atoms with Gasteiger partial charge in [-0.05, 0) is 58.3 Å². The van der Waals surface area contributed by atoms with Gasteiger partial charge in [-0.2, -0.15) is 0 Å². The molecule has 2 aliphatic rings. The standard InChI is InChI=1S/C11H23NOSi/c1-11-7-6-10-14(2,13-11)12-8-4-3-5-9-12/h11H,3-10H2,1-2H3. The van der Waals surface area contributed by atoms with Gasteiger partial charge in [0.05, 0.1) is 0 Å². The van der Waals surface area contributed by atoms with Crippen LogP contribution >= 0.6 is 0 Å². The quantitative estimate of drug-likeness (QED) is 0.621. The van der Waals surface area contributed by atoms with Crippen molar-refractivity contribution in [3.05, 3.63) is 0 Å². The zero-order valence-corrected chi connectivity index (χ0v) is 10.6. The first-order valence-electron chi connectivity index (χ1n) is 6.14. The molecule has 2 heterocycles. The lowest BCUT2D eigenvalue weighted by Gasteiger charge is -2.45. The molecule has 0 saturated carbocycles. The summed E-state index contributed by atoms with van der Waals surface area (Å²) < 4.78 is 8.98. The molecular weight excluding hydrogens is 190 g/mol. The van der Waals surface area contributed by atoms with Gasteiger partial charge in [-0.1, -0.05) is 6.42 Å². The summed E-state index contributed by atoms with van der Waals surface area (Å²) in [6, 6.07) is 1.36. The van der Waals surface area contributed by atoms with Crippen LogP contribution in [0.25, 0.3) is 0 Å². The van der Waals surface area contributed by atoms with E-state index in [9.17, 15) is 0 Å². The molecule has 2 nitrogen and oxygen atoms in total. The fraction of sp³-hybridized carbons (Fsp3) is 1.00. The zero-order valence-electron chi connectivity index (χ0n) is 9.59. The molecule has 2 aliphatic heterocycles. The number of rotatable bonds is 1. The second-order valence-electron chi connectivity index (χ2n) is 5.04. The molecule has 0 aromatic carbocycles. The van der Waals surface area contributed by atoms with Crippen molar-refractivity contribution in [2.24, 2.45) is 0 Å². The maximum absolute atomic E-state index is 6.28. The molecule has 2 rings (SSSR count). The molecular formula is C11H23NOSi. The van der Waals surface area contributed by atoms with Crippen LogP contribution in [0.15, 0.2) is 0 Å². The average Bonchev–Trinajstić information content (AvgIpc) is 2.19. The third kappa shape index (κ3) is 2.20. The molecule has 0 N–H and O–H groups in total. The summed E-state index contributed by atoms with van der Waals surface area (Å²) in [5.41, 5.74) is 0. The van der Waals surface area contributed by atoms with Crippen LogP contribution in [0.3, 0.4) is 0 Å². The van der Waals surface area contributed by atoms with Crippen LogP contribution in [0.5, 0.6) is 0 Å². The van der Waals surface area contributed by atoms with Crippen LogP contribution in [-0.2, 0) is 4.43 Å². The highest BCUT2D eigenvalue weighted by atomic mass is 28.4. The van der Waals surface area contributed by atoms with Crippen molar-refractivity contribution in [3.8, 4) is 0 Å². The first kappa shape index (κ1) is 10.6. The molecule has 2 fully saturated rings. The lowest BCUT2D eigenvalue weighted by molar-refractivity contribution is 0.133. The third-order valence-corrected chi connectivity index (χ3v) is 7.71. The summed E-state index contributed by atoms with van der Waals surface area (Å²) in [4.78, 5) is 0. The Balaban J connectivity index is 1.98. The highest BCUT2D eigenvalue weighted by Gasteiger charge is 2.40. The lowest BCUT2D eigenvalue weighted by Crippen LogP contribution is -2.58. The average molecular weight is 213 g/mol. The Morgan fingerprint density at radius 3 is 2.50 bits per heavy atom. The van der Waals surface area contributed by atoms with Crippen molar-refractivity contribution >= 4 is 8.48 Å². The predicted octanol–water partition coefficient (Wildman–Crippen LogP) is 2.74. The summed E-state index contributed by atoms with van der Waals surface area (Å²) in [6.07, 6.45) is 7.39. The fourth-order valence-corrected chi connectivity index (χ4v) is 6.56. The first-order valence-corrected chi connectivity index (χ1v) is 8.70. The van der Waals surface area contributed by atoms with Crippen LogP contribution in [0.2, 0.25) is 12.6 Å². The summed E-state index contributed by atoms with van der Waals surface area (Å²) in [5, 5.41) is 0. The van der Waals surface area contributed by atoms with E-state index in [1.54, 1.807) is 0 Å². The SMILES string of the molecule is CC1CCC[Si](C)(N2CCCCC2)O1. The minimum Gasteiger partial charge on any atom is -0.400 e. The number of piperidine rings is 1. The second-order valence-corrected chi connectivity index (χ2v) is 8.76. The summed E-state index contributed by atoms with van der Waals surface area (Å²) >= 11 is 0. The van der Waals surface area contributed by atoms with Gasteiger partial charge in [0.1, 0.15) is 0 Å². The van der Waals surface area contributed by atoms with Crippen LogP contribution in [-0.4, -0.2) is 32.2 Å². The molecule has 0 aromatic heterocycles.